The molecule has 0 radical (unpaired) electrons. The number of fused-ring (bicyclic) bond motifs is 1. The number of benzene rings is 1. The smallest absolute Gasteiger partial charge is 0.410 e. The van der Waals surface area contributed by atoms with Gasteiger partial charge in [-0.15, -0.1) is 0 Å². The average molecular weight is 470 g/mol. The molecule has 1 aromatic heterocycles. The van der Waals surface area contributed by atoms with Crippen molar-refractivity contribution < 1.29 is 29.0 Å². The fourth-order valence-electron chi connectivity index (χ4n) is 4.62. The van der Waals surface area contributed by atoms with E-state index in [-0.39, 0.29) is 31.2 Å². The number of likely N-dealkylation sites (tertiary alicyclic amines) is 1. The minimum Gasteiger partial charge on any atom is -0.444 e. The van der Waals surface area contributed by atoms with Crippen LogP contribution in [0.1, 0.15) is 57.1 Å². The largest absolute Gasteiger partial charge is 0.444 e. The first-order valence-electron chi connectivity index (χ1n) is 11.5. The van der Waals surface area contributed by atoms with Gasteiger partial charge < -0.3 is 19.5 Å². The molecule has 0 aliphatic carbocycles. The van der Waals surface area contributed by atoms with Gasteiger partial charge in [0.15, 0.2) is 0 Å². The zero-order valence-corrected chi connectivity index (χ0v) is 20.0. The van der Waals surface area contributed by atoms with Gasteiger partial charge in [0.2, 0.25) is 11.8 Å². The maximum atomic E-state index is 12.5. The maximum absolute atomic E-state index is 12.5. The van der Waals surface area contributed by atoms with E-state index in [4.69, 9.17) is 9.47 Å². The van der Waals surface area contributed by atoms with Gasteiger partial charge in [0.05, 0.1) is 18.0 Å². The number of hydrogen-bond donors (Lipinski definition) is 2. The Morgan fingerprint density at radius 2 is 2.03 bits per heavy atom. The third kappa shape index (κ3) is 4.76. The highest BCUT2D eigenvalue weighted by molar-refractivity contribution is 6.01. The van der Waals surface area contributed by atoms with Gasteiger partial charge in [-0.1, -0.05) is 6.07 Å². The summed E-state index contributed by atoms with van der Waals surface area (Å²) in [6, 6.07) is 7.37. The van der Waals surface area contributed by atoms with Crippen LogP contribution in [0.25, 0.3) is 10.9 Å². The van der Waals surface area contributed by atoms with E-state index in [1.807, 2.05) is 45.0 Å². The highest BCUT2D eigenvalue weighted by Crippen LogP contribution is 2.37. The molecule has 3 amide bonds. The molecule has 9 nitrogen and oxygen atoms in total. The zero-order chi connectivity index (χ0) is 24.7. The van der Waals surface area contributed by atoms with Crippen LogP contribution in [0, 0.1) is 0 Å². The van der Waals surface area contributed by atoms with E-state index < -0.39 is 29.3 Å². The lowest BCUT2D eigenvalue weighted by Crippen LogP contribution is -2.56. The van der Waals surface area contributed by atoms with Crippen molar-refractivity contribution in [2.24, 2.45) is 0 Å². The Bertz CT molecular complexity index is 1130. The lowest BCUT2D eigenvalue weighted by atomic mass is 9.81. The van der Waals surface area contributed by atoms with E-state index in [0.717, 1.165) is 16.5 Å². The first-order valence-corrected chi connectivity index (χ1v) is 11.5. The Hall–Kier alpha value is -3.04. The van der Waals surface area contributed by atoms with Crippen LogP contribution in [0.3, 0.4) is 0 Å². The molecule has 3 unspecified atom stereocenters. The van der Waals surface area contributed by atoms with Crippen LogP contribution >= 0.6 is 0 Å². The molecule has 34 heavy (non-hydrogen) atoms. The fourth-order valence-corrected chi connectivity index (χ4v) is 4.62. The van der Waals surface area contributed by atoms with E-state index in [9.17, 15) is 19.5 Å². The van der Waals surface area contributed by atoms with Crippen LogP contribution in [0.5, 0.6) is 0 Å². The number of nitrogens with zero attached hydrogens (tertiary/aromatic N) is 2. The Kier molecular flexibility index (Phi) is 6.35. The zero-order valence-electron chi connectivity index (χ0n) is 20.0. The molecule has 4 rings (SSSR count). The summed E-state index contributed by atoms with van der Waals surface area (Å²) in [5.41, 5.74) is 0.177. The lowest BCUT2D eigenvalue weighted by molar-refractivity contribution is -0.137. The quantitative estimate of drug-likeness (QED) is 0.664. The molecular weight excluding hydrogens is 438 g/mol. The molecule has 2 N–H and O–H groups in total. The van der Waals surface area contributed by atoms with Gasteiger partial charge in [-0.25, -0.2) is 4.79 Å². The number of pyridine rings is 1. The van der Waals surface area contributed by atoms with Gasteiger partial charge in [-0.3, -0.25) is 19.9 Å². The van der Waals surface area contributed by atoms with Crippen molar-refractivity contribution in [2.75, 3.05) is 20.2 Å². The summed E-state index contributed by atoms with van der Waals surface area (Å²) in [7, 11) is 1.51. The molecule has 0 bridgehead atoms. The van der Waals surface area contributed by atoms with Crippen LogP contribution in [-0.2, 0) is 24.7 Å². The molecule has 2 fully saturated rings. The molecule has 182 valence electrons. The van der Waals surface area contributed by atoms with E-state index >= 15 is 0 Å². The number of aromatic nitrogens is 1. The topological polar surface area (TPSA) is 118 Å². The summed E-state index contributed by atoms with van der Waals surface area (Å²) in [5.74, 6) is -1.02. The third-order valence-electron chi connectivity index (χ3n) is 6.46. The van der Waals surface area contributed by atoms with Gasteiger partial charge in [-0.2, -0.15) is 0 Å². The van der Waals surface area contributed by atoms with E-state index in [1.165, 1.54) is 7.11 Å². The van der Waals surface area contributed by atoms with Crippen LogP contribution in [0.2, 0.25) is 0 Å². The first kappa shape index (κ1) is 24.1. The number of amides is 3. The number of nitrogens with one attached hydrogen (secondary N) is 1. The van der Waals surface area contributed by atoms with E-state index in [2.05, 4.69) is 10.3 Å². The predicted octanol–water partition coefficient (Wildman–Crippen LogP) is 2.60. The number of hydrogen-bond acceptors (Lipinski definition) is 7. The summed E-state index contributed by atoms with van der Waals surface area (Å²) in [4.78, 5) is 42.4. The van der Waals surface area contributed by atoms with Gasteiger partial charge in [0.1, 0.15) is 17.3 Å². The second-order valence-electron chi connectivity index (χ2n) is 10.0. The number of carbonyl (C=O) groups excluding carboxylic acids is 3. The van der Waals surface area contributed by atoms with Crippen molar-refractivity contribution in [1.82, 2.24) is 15.2 Å². The molecule has 2 aliphatic heterocycles. The number of piperidine rings is 2. The number of carbonyl (C=O) groups is 3. The second-order valence-corrected chi connectivity index (χ2v) is 10.0. The molecule has 3 heterocycles. The molecular formula is C25H31N3O6. The number of aliphatic hydroxyl groups is 1. The van der Waals surface area contributed by atoms with Gasteiger partial charge in [0.25, 0.3) is 0 Å². The van der Waals surface area contributed by atoms with Crippen molar-refractivity contribution in [2.45, 2.75) is 63.3 Å². The predicted molar refractivity (Wildman–Crippen MR) is 124 cm³/mol. The molecule has 1 aromatic carbocycles. The first-order chi connectivity index (χ1) is 16.0. The Morgan fingerprint density at radius 1 is 1.26 bits per heavy atom. The average Bonchev–Trinajstić information content (AvgIpc) is 2.77. The number of ether oxygens (including phenoxy) is 2. The van der Waals surface area contributed by atoms with Crippen LogP contribution < -0.4 is 5.32 Å². The monoisotopic (exact) mass is 469 g/mol. The minimum atomic E-state index is -1.31. The fraction of sp³-hybridized carbons (Fsp3) is 0.520. The summed E-state index contributed by atoms with van der Waals surface area (Å²) < 4.78 is 11.1. The number of imide groups is 1. The molecule has 2 aromatic rings. The summed E-state index contributed by atoms with van der Waals surface area (Å²) in [6.07, 6.45) is 1.57. The Balaban J connectivity index is 1.60. The van der Waals surface area contributed by atoms with Crippen LogP contribution in [-0.4, -0.2) is 64.8 Å². The minimum absolute atomic E-state index is 0.189. The molecule has 0 saturated carbocycles. The Morgan fingerprint density at radius 3 is 2.71 bits per heavy atom. The molecule has 3 atom stereocenters. The highest BCUT2D eigenvalue weighted by Gasteiger charge is 2.45. The normalized spacial score (nSPS) is 25.9. The SMILES string of the molecule is COC1CN(C(=O)OC(C)(C)C)CCC1(O)c1ccc2ncc(C3CCC(=O)NC3=O)cc2c1. The number of methoxy groups -OCH3 is 1. The molecule has 2 aliphatic rings. The van der Waals surface area contributed by atoms with Crippen LogP contribution in [0.15, 0.2) is 30.5 Å². The summed E-state index contributed by atoms with van der Waals surface area (Å²) >= 11 is 0. The maximum Gasteiger partial charge on any atom is 0.410 e. The van der Waals surface area contributed by atoms with E-state index in [1.54, 1.807) is 11.1 Å². The lowest BCUT2D eigenvalue weighted by Gasteiger charge is -2.44. The van der Waals surface area contributed by atoms with Crippen molar-refractivity contribution in [3.8, 4) is 0 Å². The second kappa shape index (κ2) is 8.96. The van der Waals surface area contributed by atoms with Crippen molar-refractivity contribution in [3.63, 3.8) is 0 Å². The highest BCUT2D eigenvalue weighted by atomic mass is 16.6. The van der Waals surface area contributed by atoms with Crippen molar-refractivity contribution >= 4 is 28.8 Å². The van der Waals surface area contributed by atoms with Crippen molar-refractivity contribution in [3.05, 3.63) is 41.6 Å². The van der Waals surface area contributed by atoms with Gasteiger partial charge in [-0.05, 0) is 56.5 Å². The summed E-state index contributed by atoms with van der Waals surface area (Å²) in [6.45, 7) is 5.94. The molecule has 0 spiro atoms. The standard InChI is InChI=1S/C25H31N3O6/c1-24(2,3)34-23(31)28-10-9-25(32,20(14-28)33-4)17-5-7-19-15(12-17)11-16(13-26-19)18-6-8-21(29)27-22(18)30/h5,7,11-13,18,20,32H,6,8-10,14H2,1-4H3,(H,27,29,30). The summed E-state index contributed by atoms with van der Waals surface area (Å²) in [5, 5.41) is 14.8. The van der Waals surface area contributed by atoms with Crippen LogP contribution in [0.4, 0.5) is 4.79 Å². The molecule has 9 heteroatoms. The van der Waals surface area contributed by atoms with Crippen molar-refractivity contribution in [1.29, 1.82) is 0 Å². The Labute approximate surface area is 198 Å². The number of rotatable bonds is 3. The van der Waals surface area contributed by atoms with E-state index in [0.29, 0.717) is 18.5 Å². The van der Waals surface area contributed by atoms with Gasteiger partial charge >= 0.3 is 6.09 Å². The van der Waals surface area contributed by atoms with Gasteiger partial charge in [0, 0.05) is 38.1 Å². The third-order valence-corrected chi connectivity index (χ3v) is 6.46. The molecule has 2 saturated heterocycles.